The standard InChI is InChI=1S/C13H21N3O2/c1-4-8-16(9-5-2)12-7-6-11(10-14-12)15-13(17)18-3/h6-7,10H,4-5,8-9H2,1-3H3,(H,15,17). The van der Waals surface area contributed by atoms with Crippen LogP contribution in [0.15, 0.2) is 18.3 Å². The molecule has 0 spiro atoms. The Balaban J connectivity index is 2.70. The van der Waals surface area contributed by atoms with Gasteiger partial charge in [0.15, 0.2) is 0 Å². The first-order valence-electron chi connectivity index (χ1n) is 6.27. The van der Waals surface area contributed by atoms with Crippen LogP contribution in [-0.2, 0) is 4.74 Å². The number of aromatic nitrogens is 1. The van der Waals surface area contributed by atoms with E-state index in [0.717, 1.165) is 31.7 Å². The summed E-state index contributed by atoms with van der Waals surface area (Å²) in [6, 6.07) is 3.74. The number of hydrogen-bond acceptors (Lipinski definition) is 4. The van der Waals surface area contributed by atoms with E-state index in [0.29, 0.717) is 5.69 Å². The predicted molar refractivity (Wildman–Crippen MR) is 73.1 cm³/mol. The normalized spacial score (nSPS) is 9.94. The van der Waals surface area contributed by atoms with E-state index in [-0.39, 0.29) is 0 Å². The molecule has 1 aromatic heterocycles. The summed E-state index contributed by atoms with van der Waals surface area (Å²) >= 11 is 0. The van der Waals surface area contributed by atoms with Gasteiger partial charge >= 0.3 is 6.09 Å². The molecule has 1 heterocycles. The molecule has 0 aromatic carbocycles. The molecule has 0 aliphatic carbocycles. The first-order valence-corrected chi connectivity index (χ1v) is 6.27. The van der Waals surface area contributed by atoms with Crippen LogP contribution < -0.4 is 10.2 Å². The summed E-state index contributed by atoms with van der Waals surface area (Å²) in [6.45, 7) is 6.28. The number of ether oxygens (including phenoxy) is 1. The van der Waals surface area contributed by atoms with Crippen molar-refractivity contribution in [1.82, 2.24) is 4.98 Å². The number of methoxy groups -OCH3 is 1. The number of nitrogens with zero attached hydrogens (tertiary/aromatic N) is 2. The maximum atomic E-state index is 11.0. The molecule has 1 aromatic rings. The van der Waals surface area contributed by atoms with Gasteiger partial charge in [-0.25, -0.2) is 9.78 Å². The lowest BCUT2D eigenvalue weighted by molar-refractivity contribution is 0.187. The van der Waals surface area contributed by atoms with Crippen molar-refractivity contribution in [3.8, 4) is 0 Å². The minimum Gasteiger partial charge on any atom is -0.453 e. The van der Waals surface area contributed by atoms with Crippen LogP contribution >= 0.6 is 0 Å². The molecule has 1 amide bonds. The number of hydrogen-bond donors (Lipinski definition) is 1. The molecule has 0 saturated carbocycles. The van der Waals surface area contributed by atoms with Crippen molar-refractivity contribution in [2.75, 3.05) is 30.4 Å². The third-order valence-electron chi connectivity index (χ3n) is 2.49. The first-order chi connectivity index (χ1) is 8.71. The highest BCUT2D eigenvalue weighted by Gasteiger charge is 2.06. The molecule has 5 nitrogen and oxygen atoms in total. The largest absolute Gasteiger partial charge is 0.453 e. The van der Waals surface area contributed by atoms with Crippen molar-refractivity contribution in [2.24, 2.45) is 0 Å². The van der Waals surface area contributed by atoms with Crippen LogP contribution in [0.25, 0.3) is 0 Å². The fourth-order valence-corrected chi connectivity index (χ4v) is 1.70. The van der Waals surface area contributed by atoms with Crippen LogP contribution in [0.3, 0.4) is 0 Å². The highest BCUT2D eigenvalue weighted by Crippen LogP contribution is 2.15. The summed E-state index contributed by atoms with van der Waals surface area (Å²) in [5, 5.41) is 2.58. The van der Waals surface area contributed by atoms with Gasteiger partial charge in [-0.3, -0.25) is 5.32 Å². The van der Waals surface area contributed by atoms with E-state index in [2.05, 4.69) is 33.8 Å². The smallest absolute Gasteiger partial charge is 0.411 e. The van der Waals surface area contributed by atoms with Gasteiger partial charge in [-0.2, -0.15) is 0 Å². The molecule has 0 aliphatic rings. The van der Waals surface area contributed by atoms with Gasteiger partial charge in [0.05, 0.1) is 19.0 Å². The SMILES string of the molecule is CCCN(CCC)c1ccc(NC(=O)OC)cn1. The molecule has 0 atom stereocenters. The van der Waals surface area contributed by atoms with Gasteiger partial charge in [0, 0.05) is 13.1 Å². The molecule has 1 rings (SSSR count). The summed E-state index contributed by atoms with van der Waals surface area (Å²) in [7, 11) is 1.33. The Morgan fingerprint density at radius 2 is 2.00 bits per heavy atom. The van der Waals surface area contributed by atoms with Gasteiger partial charge in [0.2, 0.25) is 0 Å². The average Bonchev–Trinajstić information content (AvgIpc) is 2.39. The van der Waals surface area contributed by atoms with Gasteiger partial charge in [0.1, 0.15) is 5.82 Å². The molecular formula is C13H21N3O2. The Labute approximate surface area is 108 Å². The second-order valence-electron chi connectivity index (χ2n) is 4.01. The second-order valence-corrected chi connectivity index (χ2v) is 4.01. The molecule has 0 unspecified atom stereocenters. The number of pyridine rings is 1. The zero-order chi connectivity index (χ0) is 13.4. The Hall–Kier alpha value is -1.78. The number of rotatable bonds is 6. The second kappa shape index (κ2) is 7.53. The van der Waals surface area contributed by atoms with Crippen LogP contribution in [0.5, 0.6) is 0 Å². The predicted octanol–water partition coefficient (Wildman–Crippen LogP) is 2.89. The molecule has 0 fully saturated rings. The van der Waals surface area contributed by atoms with Crippen LogP contribution in [0.4, 0.5) is 16.3 Å². The lowest BCUT2D eigenvalue weighted by atomic mass is 10.3. The lowest BCUT2D eigenvalue weighted by Gasteiger charge is -2.22. The van der Waals surface area contributed by atoms with E-state index in [9.17, 15) is 4.79 Å². The minimum absolute atomic E-state index is 0.483. The van der Waals surface area contributed by atoms with E-state index in [4.69, 9.17) is 0 Å². The third kappa shape index (κ3) is 4.24. The van der Waals surface area contributed by atoms with Crippen LogP contribution in [0, 0.1) is 0 Å². The van der Waals surface area contributed by atoms with Crippen LogP contribution in [-0.4, -0.2) is 31.3 Å². The maximum Gasteiger partial charge on any atom is 0.411 e. The summed E-state index contributed by atoms with van der Waals surface area (Å²) < 4.78 is 4.52. The number of carbonyl (C=O) groups excluding carboxylic acids is 1. The fraction of sp³-hybridized carbons (Fsp3) is 0.538. The van der Waals surface area contributed by atoms with Gasteiger partial charge < -0.3 is 9.64 Å². The summed E-state index contributed by atoms with van der Waals surface area (Å²) in [6.07, 6.45) is 3.33. The van der Waals surface area contributed by atoms with Crippen LogP contribution in [0.2, 0.25) is 0 Å². The van der Waals surface area contributed by atoms with Gasteiger partial charge in [-0.15, -0.1) is 0 Å². The Morgan fingerprint density at radius 3 is 2.44 bits per heavy atom. The minimum atomic E-state index is -0.483. The van der Waals surface area contributed by atoms with E-state index >= 15 is 0 Å². The zero-order valence-corrected chi connectivity index (χ0v) is 11.3. The Morgan fingerprint density at radius 1 is 1.33 bits per heavy atom. The highest BCUT2D eigenvalue weighted by molar-refractivity contribution is 5.84. The molecule has 100 valence electrons. The molecule has 0 saturated heterocycles. The van der Waals surface area contributed by atoms with Crippen molar-refractivity contribution in [1.29, 1.82) is 0 Å². The summed E-state index contributed by atoms with van der Waals surface area (Å²) in [4.78, 5) is 17.6. The Bertz CT molecular complexity index is 359. The van der Waals surface area contributed by atoms with Crippen molar-refractivity contribution in [2.45, 2.75) is 26.7 Å². The molecule has 0 radical (unpaired) electrons. The molecule has 18 heavy (non-hydrogen) atoms. The van der Waals surface area contributed by atoms with E-state index in [1.807, 2.05) is 12.1 Å². The van der Waals surface area contributed by atoms with E-state index < -0.39 is 6.09 Å². The van der Waals surface area contributed by atoms with Crippen molar-refractivity contribution in [3.05, 3.63) is 18.3 Å². The number of amides is 1. The Kier molecular flexibility index (Phi) is 5.97. The highest BCUT2D eigenvalue weighted by atomic mass is 16.5. The lowest BCUT2D eigenvalue weighted by Crippen LogP contribution is -2.25. The van der Waals surface area contributed by atoms with Crippen LogP contribution in [0.1, 0.15) is 26.7 Å². The average molecular weight is 251 g/mol. The third-order valence-corrected chi connectivity index (χ3v) is 2.49. The number of nitrogens with one attached hydrogen (secondary N) is 1. The number of anilines is 2. The molecule has 0 bridgehead atoms. The van der Waals surface area contributed by atoms with Gasteiger partial charge in [-0.05, 0) is 25.0 Å². The summed E-state index contributed by atoms with van der Waals surface area (Å²) in [5.74, 6) is 0.939. The van der Waals surface area contributed by atoms with E-state index in [1.165, 1.54) is 7.11 Å². The number of carbonyl (C=O) groups is 1. The maximum absolute atomic E-state index is 11.0. The molecule has 0 aliphatic heterocycles. The quantitative estimate of drug-likeness (QED) is 0.844. The van der Waals surface area contributed by atoms with E-state index in [1.54, 1.807) is 6.20 Å². The van der Waals surface area contributed by atoms with Gasteiger partial charge in [0.25, 0.3) is 0 Å². The summed E-state index contributed by atoms with van der Waals surface area (Å²) in [5.41, 5.74) is 0.638. The molecule has 5 heteroatoms. The van der Waals surface area contributed by atoms with Gasteiger partial charge in [-0.1, -0.05) is 13.8 Å². The van der Waals surface area contributed by atoms with Crippen molar-refractivity contribution >= 4 is 17.6 Å². The van der Waals surface area contributed by atoms with Crippen molar-refractivity contribution < 1.29 is 9.53 Å². The zero-order valence-electron chi connectivity index (χ0n) is 11.3. The monoisotopic (exact) mass is 251 g/mol. The molecular weight excluding hydrogens is 230 g/mol. The fourth-order valence-electron chi connectivity index (χ4n) is 1.70. The first kappa shape index (κ1) is 14.3. The molecule has 1 N–H and O–H groups in total. The van der Waals surface area contributed by atoms with Crippen molar-refractivity contribution in [3.63, 3.8) is 0 Å². The topological polar surface area (TPSA) is 54.5 Å².